The van der Waals surface area contributed by atoms with Gasteiger partial charge in [0.2, 0.25) is 5.82 Å². The molecule has 0 spiro atoms. The highest BCUT2D eigenvalue weighted by molar-refractivity contribution is 5.68. The van der Waals surface area contributed by atoms with Crippen LogP contribution >= 0.6 is 0 Å². The Morgan fingerprint density at radius 1 is 0.906 bits per heavy atom. The van der Waals surface area contributed by atoms with Crippen LogP contribution < -0.4 is 10.5 Å². The molecule has 0 aliphatic rings. The zero-order chi connectivity index (χ0) is 21.9. The Labute approximate surface area is 185 Å². The molecular weight excluding hydrogens is 402 g/mol. The summed E-state index contributed by atoms with van der Waals surface area (Å²) < 4.78 is 12.9. The molecule has 0 bridgehead atoms. The second-order valence-corrected chi connectivity index (χ2v) is 7.35. The van der Waals surface area contributed by atoms with Gasteiger partial charge in [0.1, 0.15) is 5.75 Å². The largest absolute Gasteiger partial charge is 0.471 e. The Morgan fingerprint density at radius 2 is 1.69 bits per heavy atom. The minimum absolute atomic E-state index is 0.264. The van der Waals surface area contributed by atoms with E-state index in [1.807, 2.05) is 79.9 Å². The van der Waals surface area contributed by atoms with Gasteiger partial charge in [0.25, 0.3) is 5.89 Å². The molecule has 0 aliphatic heterocycles. The summed E-state index contributed by atoms with van der Waals surface area (Å²) in [4.78, 5) is 4.47. The van der Waals surface area contributed by atoms with Crippen molar-refractivity contribution in [1.29, 1.82) is 0 Å². The van der Waals surface area contributed by atoms with E-state index >= 15 is 0 Å². The topological polar surface area (TPSA) is 92.0 Å². The van der Waals surface area contributed by atoms with Crippen LogP contribution in [0.5, 0.6) is 5.75 Å². The molecule has 0 unspecified atom stereocenters. The van der Waals surface area contributed by atoms with Gasteiger partial charge in [0, 0.05) is 17.4 Å². The summed E-state index contributed by atoms with van der Waals surface area (Å²) in [7, 11) is 0. The van der Waals surface area contributed by atoms with Gasteiger partial charge in [-0.15, -0.1) is 0 Å². The van der Waals surface area contributed by atoms with Crippen LogP contribution in [-0.2, 0) is 6.73 Å². The van der Waals surface area contributed by atoms with E-state index in [0.29, 0.717) is 23.1 Å². The van der Waals surface area contributed by atoms with E-state index in [4.69, 9.17) is 15.0 Å². The van der Waals surface area contributed by atoms with Crippen molar-refractivity contribution in [1.82, 2.24) is 19.9 Å². The van der Waals surface area contributed by atoms with Crippen molar-refractivity contribution in [3.8, 4) is 39.8 Å². The number of nitrogens with zero attached hydrogens (tertiary/aromatic N) is 4. The molecular formula is C25H21N5O2. The quantitative estimate of drug-likeness (QED) is 0.378. The highest BCUT2D eigenvalue weighted by Gasteiger charge is 2.15. The Bertz CT molecular complexity index is 1340. The van der Waals surface area contributed by atoms with E-state index in [1.54, 1.807) is 4.68 Å². The summed E-state index contributed by atoms with van der Waals surface area (Å²) in [6, 6.07) is 25.6. The van der Waals surface area contributed by atoms with E-state index in [9.17, 15) is 0 Å². The molecule has 158 valence electrons. The fourth-order valence-electron chi connectivity index (χ4n) is 3.40. The molecule has 5 aromatic rings. The molecule has 3 aromatic carbocycles. The van der Waals surface area contributed by atoms with Gasteiger partial charge in [0.15, 0.2) is 12.4 Å². The van der Waals surface area contributed by atoms with Crippen LogP contribution in [0.4, 0.5) is 5.69 Å². The van der Waals surface area contributed by atoms with Crippen molar-refractivity contribution in [2.24, 2.45) is 0 Å². The maximum Gasteiger partial charge on any atom is 0.278 e. The summed E-state index contributed by atoms with van der Waals surface area (Å²) in [5, 5.41) is 8.56. The van der Waals surface area contributed by atoms with Crippen LogP contribution in [0.1, 0.15) is 5.56 Å². The van der Waals surface area contributed by atoms with Crippen LogP contribution in [-0.4, -0.2) is 19.9 Å². The molecule has 0 amide bonds. The van der Waals surface area contributed by atoms with Gasteiger partial charge in [-0.3, -0.25) is 0 Å². The zero-order valence-electron chi connectivity index (χ0n) is 17.5. The number of rotatable bonds is 6. The van der Waals surface area contributed by atoms with Crippen LogP contribution in [0, 0.1) is 6.92 Å². The molecule has 0 radical (unpaired) electrons. The summed E-state index contributed by atoms with van der Waals surface area (Å²) in [5.41, 5.74) is 11.3. The standard InChI is InChI=1S/C25H21N5O2/c1-17-21(8-5-9-22(17)26)24-27-25(32-29-24)23-14-15-30(28-23)16-31-20-12-10-19(11-13-20)18-6-3-2-4-7-18/h2-15H,16,26H2,1H3. The van der Waals surface area contributed by atoms with Crippen LogP contribution in [0.3, 0.4) is 0 Å². The minimum Gasteiger partial charge on any atom is -0.471 e. The lowest BCUT2D eigenvalue weighted by Gasteiger charge is -2.07. The lowest BCUT2D eigenvalue weighted by molar-refractivity contribution is 0.221. The third-order valence-corrected chi connectivity index (χ3v) is 5.23. The highest BCUT2D eigenvalue weighted by atomic mass is 16.5. The Balaban J connectivity index is 1.26. The molecule has 7 heteroatoms. The number of nitrogen functional groups attached to an aromatic ring is 1. The van der Waals surface area contributed by atoms with Gasteiger partial charge < -0.3 is 15.0 Å². The van der Waals surface area contributed by atoms with Crippen molar-refractivity contribution in [2.75, 3.05) is 5.73 Å². The van der Waals surface area contributed by atoms with Gasteiger partial charge in [-0.05, 0) is 47.9 Å². The predicted molar refractivity (Wildman–Crippen MR) is 123 cm³/mol. The maximum atomic E-state index is 5.98. The molecule has 0 saturated carbocycles. The molecule has 7 nitrogen and oxygen atoms in total. The number of aromatic nitrogens is 4. The number of anilines is 1. The fourth-order valence-corrected chi connectivity index (χ4v) is 3.40. The first-order valence-corrected chi connectivity index (χ1v) is 10.2. The third kappa shape index (κ3) is 3.96. The second-order valence-electron chi connectivity index (χ2n) is 7.35. The molecule has 2 aromatic heterocycles. The van der Waals surface area contributed by atoms with Gasteiger partial charge in [0.05, 0.1) is 0 Å². The van der Waals surface area contributed by atoms with E-state index in [0.717, 1.165) is 22.4 Å². The predicted octanol–water partition coefficient (Wildman–Crippen LogP) is 5.19. The molecule has 0 fully saturated rings. The van der Waals surface area contributed by atoms with Crippen LogP contribution in [0.25, 0.3) is 34.1 Å². The van der Waals surface area contributed by atoms with Gasteiger partial charge in [-0.2, -0.15) is 10.1 Å². The van der Waals surface area contributed by atoms with E-state index < -0.39 is 0 Å². The van der Waals surface area contributed by atoms with Gasteiger partial charge in [-0.25, -0.2) is 4.68 Å². The van der Waals surface area contributed by atoms with Crippen molar-refractivity contribution >= 4 is 5.69 Å². The summed E-state index contributed by atoms with van der Waals surface area (Å²) in [5.74, 6) is 1.58. The molecule has 0 atom stereocenters. The normalized spacial score (nSPS) is 10.9. The summed E-state index contributed by atoms with van der Waals surface area (Å²) >= 11 is 0. The van der Waals surface area contributed by atoms with Gasteiger partial charge in [-0.1, -0.05) is 59.8 Å². The molecule has 32 heavy (non-hydrogen) atoms. The summed E-state index contributed by atoms with van der Waals surface area (Å²) in [6.07, 6.45) is 1.81. The monoisotopic (exact) mass is 423 g/mol. The van der Waals surface area contributed by atoms with E-state index in [2.05, 4.69) is 27.4 Å². The van der Waals surface area contributed by atoms with Crippen molar-refractivity contribution in [3.63, 3.8) is 0 Å². The van der Waals surface area contributed by atoms with Crippen LogP contribution in [0.2, 0.25) is 0 Å². The number of benzene rings is 3. The first-order valence-electron chi connectivity index (χ1n) is 10.2. The maximum absolute atomic E-state index is 5.98. The van der Waals surface area contributed by atoms with E-state index in [1.165, 1.54) is 5.56 Å². The Kier molecular flexibility index (Phi) is 5.13. The van der Waals surface area contributed by atoms with Gasteiger partial charge >= 0.3 is 0 Å². The number of hydrogen-bond donors (Lipinski definition) is 1. The fraction of sp³-hybridized carbons (Fsp3) is 0.0800. The number of ether oxygens (including phenoxy) is 1. The molecule has 0 saturated heterocycles. The van der Waals surface area contributed by atoms with Crippen LogP contribution in [0.15, 0.2) is 89.6 Å². The average Bonchev–Trinajstić information content (AvgIpc) is 3.50. The molecule has 5 rings (SSSR count). The SMILES string of the molecule is Cc1c(N)cccc1-c1noc(-c2ccn(COc3ccc(-c4ccccc4)cc3)n2)n1. The zero-order valence-corrected chi connectivity index (χ0v) is 17.5. The van der Waals surface area contributed by atoms with Crippen molar-refractivity contribution in [3.05, 3.63) is 90.6 Å². The van der Waals surface area contributed by atoms with Crippen molar-refractivity contribution in [2.45, 2.75) is 13.7 Å². The summed E-state index contributed by atoms with van der Waals surface area (Å²) in [6.45, 7) is 2.19. The first-order chi connectivity index (χ1) is 15.7. The van der Waals surface area contributed by atoms with E-state index in [-0.39, 0.29) is 6.73 Å². The minimum atomic E-state index is 0.264. The molecule has 2 N–H and O–H groups in total. The first kappa shape index (κ1) is 19.6. The van der Waals surface area contributed by atoms with Crippen molar-refractivity contribution < 1.29 is 9.26 Å². The lowest BCUT2D eigenvalue weighted by atomic mass is 10.1. The molecule has 0 aliphatic carbocycles. The highest BCUT2D eigenvalue weighted by Crippen LogP contribution is 2.27. The smallest absolute Gasteiger partial charge is 0.278 e. The second kappa shape index (κ2) is 8.39. The number of nitrogens with two attached hydrogens (primary N) is 1. The number of hydrogen-bond acceptors (Lipinski definition) is 6. The Hall–Kier alpha value is -4.39. The average molecular weight is 423 g/mol. The lowest BCUT2D eigenvalue weighted by Crippen LogP contribution is -2.05. The Morgan fingerprint density at radius 3 is 2.50 bits per heavy atom. The third-order valence-electron chi connectivity index (χ3n) is 5.23. The molecule has 2 heterocycles.